The highest BCUT2D eigenvalue weighted by Gasteiger charge is 2.61. The van der Waals surface area contributed by atoms with Crippen LogP contribution >= 0.6 is 26.8 Å². The molecule has 0 atom stereocenters. The number of rotatable bonds is 10. The number of hydrogen-bond acceptors (Lipinski definition) is 6. The molecule has 0 aromatic heterocycles. The van der Waals surface area contributed by atoms with Crippen LogP contribution in [0.5, 0.6) is 0 Å². The van der Waals surface area contributed by atoms with Crippen molar-refractivity contribution >= 4 is 26.8 Å². The van der Waals surface area contributed by atoms with Gasteiger partial charge in [0.2, 0.25) is 4.36 Å². The molecule has 6 nitrogen and oxygen atoms in total. The van der Waals surface area contributed by atoms with E-state index in [0.717, 1.165) is 0 Å². The summed E-state index contributed by atoms with van der Waals surface area (Å²) < 4.78 is 44.1. The van der Waals surface area contributed by atoms with Gasteiger partial charge < -0.3 is 18.1 Å². The van der Waals surface area contributed by atoms with Crippen LogP contribution in [0.3, 0.4) is 0 Å². The zero-order valence-corrected chi connectivity index (χ0v) is 14.6. The molecule has 19 heavy (non-hydrogen) atoms. The maximum absolute atomic E-state index is 12.7. The Kier molecular flexibility index (Phi) is 8.39. The average molecular weight is 337 g/mol. The van der Waals surface area contributed by atoms with E-state index in [1.165, 1.54) is 6.92 Å². The summed E-state index contributed by atoms with van der Waals surface area (Å²) in [6, 6.07) is 0. The van der Waals surface area contributed by atoms with E-state index < -0.39 is 19.5 Å². The molecule has 0 heterocycles. The predicted octanol–water partition coefficient (Wildman–Crippen LogP) is 4.43. The first-order valence-corrected chi connectivity index (χ1v) is 9.68. The maximum Gasteiger partial charge on any atom is 0.363 e. The van der Waals surface area contributed by atoms with Crippen molar-refractivity contribution in [2.75, 3.05) is 26.4 Å². The largest absolute Gasteiger partial charge is 0.363 e. The second-order valence-electron chi connectivity index (χ2n) is 3.57. The van der Waals surface area contributed by atoms with Gasteiger partial charge in [-0.25, -0.2) is 0 Å². The van der Waals surface area contributed by atoms with Gasteiger partial charge in [0.05, 0.1) is 26.4 Å². The minimum Gasteiger partial charge on any atom is -0.307 e. The summed E-state index contributed by atoms with van der Waals surface area (Å²) >= 11 is 6.24. The van der Waals surface area contributed by atoms with Crippen LogP contribution in [0.15, 0.2) is 0 Å². The third kappa shape index (κ3) is 4.28. The van der Waals surface area contributed by atoms with Crippen molar-refractivity contribution in [2.24, 2.45) is 0 Å². The Morgan fingerprint density at radius 2 is 1.00 bits per heavy atom. The van der Waals surface area contributed by atoms with E-state index in [1.807, 2.05) is 0 Å². The number of alkyl halides is 1. The molecule has 0 amide bonds. The summed E-state index contributed by atoms with van der Waals surface area (Å²) in [5.41, 5.74) is 0. The molecule has 0 saturated heterocycles. The van der Waals surface area contributed by atoms with Crippen molar-refractivity contribution in [2.45, 2.75) is 39.0 Å². The van der Waals surface area contributed by atoms with E-state index in [0.29, 0.717) is 0 Å². The van der Waals surface area contributed by atoms with Crippen LogP contribution in [0, 0.1) is 0 Å². The van der Waals surface area contributed by atoms with E-state index >= 15 is 0 Å². The zero-order chi connectivity index (χ0) is 15.2. The Balaban J connectivity index is 5.59. The highest BCUT2D eigenvalue weighted by molar-refractivity contribution is 7.77. The van der Waals surface area contributed by atoms with Gasteiger partial charge in [-0.15, -0.1) is 0 Å². The van der Waals surface area contributed by atoms with Crippen LogP contribution in [0.25, 0.3) is 0 Å². The monoisotopic (exact) mass is 336 g/mol. The first-order valence-electron chi connectivity index (χ1n) is 6.21. The van der Waals surface area contributed by atoms with E-state index in [4.69, 9.17) is 29.7 Å². The van der Waals surface area contributed by atoms with Crippen molar-refractivity contribution in [1.29, 1.82) is 0 Å². The molecule has 0 aliphatic heterocycles. The van der Waals surface area contributed by atoms with Gasteiger partial charge in [-0.3, -0.25) is 9.13 Å². The molecular weight excluding hydrogens is 314 g/mol. The van der Waals surface area contributed by atoms with Crippen molar-refractivity contribution in [3.05, 3.63) is 0 Å². The van der Waals surface area contributed by atoms with E-state index in [2.05, 4.69) is 0 Å². The molecule has 9 heteroatoms. The average Bonchev–Trinajstić information content (AvgIpc) is 2.29. The van der Waals surface area contributed by atoms with Gasteiger partial charge in [-0.05, 0) is 34.6 Å². The van der Waals surface area contributed by atoms with Gasteiger partial charge in [-0.2, -0.15) is 0 Å². The fraction of sp³-hybridized carbons (Fsp3) is 1.00. The third-order valence-electron chi connectivity index (χ3n) is 2.20. The van der Waals surface area contributed by atoms with Gasteiger partial charge in [0.1, 0.15) is 0 Å². The van der Waals surface area contributed by atoms with E-state index in [-0.39, 0.29) is 26.4 Å². The topological polar surface area (TPSA) is 71.1 Å². The van der Waals surface area contributed by atoms with Gasteiger partial charge >= 0.3 is 15.2 Å². The van der Waals surface area contributed by atoms with Gasteiger partial charge in [0.25, 0.3) is 0 Å². The molecule has 0 aromatic rings. The molecule has 0 N–H and O–H groups in total. The first kappa shape index (κ1) is 19.6. The molecule has 0 aliphatic carbocycles. The van der Waals surface area contributed by atoms with Crippen LogP contribution in [-0.4, -0.2) is 30.8 Å². The molecule has 0 bridgehead atoms. The second kappa shape index (κ2) is 8.14. The lowest BCUT2D eigenvalue weighted by atomic mass is 10.9. The smallest absolute Gasteiger partial charge is 0.307 e. The summed E-state index contributed by atoms with van der Waals surface area (Å²) in [6.07, 6.45) is 0. The minimum atomic E-state index is -3.85. The van der Waals surface area contributed by atoms with Crippen molar-refractivity contribution in [3.8, 4) is 0 Å². The first-order chi connectivity index (χ1) is 8.74. The Labute approximate surface area is 120 Å². The summed E-state index contributed by atoms with van der Waals surface area (Å²) in [7, 11) is -7.70. The minimum absolute atomic E-state index is 0.109. The lowest BCUT2D eigenvalue weighted by molar-refractivity contribution is 0.192. The van der Waals surface area contributed by atoms with E-state index in [1.54, 1.807) is 27.7 Å². The molecular formula is C10H23ClO6P2. The zero-order valence-electron chi connectivity index (χ0n) is 12.1. The lowest BCUT2D eigenvalue weighted by Gasteiger charge is -2.35. The summed E-state index contributed by atoms with van der Waals surface area (Å²) in [6.45, 7) is 8.31. The summed E-state index contributed by atoms with van der Waals surface area (Å²) in [4.78, 5) is 0. The SMILES string of the molecule is CCOP(=O)(OCC)C(C)(Cl)P(=O)(OCC)OCC. The highest BCUT2D eigenvalue weighted by atomic mass is 35.5. The van der Waals surface area contributed by atoms with Crippen LogP contribution in [0.4, 0.5) is 0 Å². The number of halogens is 1. The maximum atomic E-state index is 12.7. The Morgan fingerprint density at radius 1 is 0.789 bits per heavy atom. The van der Waals surface area contributed by atoms with Crippen molar-refractivity contribution in [1.82, 2.24) is 0 Å². The summed E-state index contributed by atoms with van der Waals surface area (Å²) in [5.74, 6) is 0. The molecule has 0 aromatic carbocycles. The third-order valence-corrected chi connectivity index (χ3v) is 9.30. The Hall–Kier alpha value is 0.590. The van der Waals surface area contributed by atoms with Gasteiger partial charge in [0.15, 0.2) is 0 Å². The molecule has 0 fully saturated rings. The molecule has 0 aliphatic rings. The molecule has 0 radical (unpaired) electrons. The van der Waals surface area contributed by atoms with Gasteiger partial charge in [0, 0.05) is 0 Å². The predicted molar refractivity (Wildman–Crippen MR) is 76.0 cm³/mol. The molecule has 116 valence electrons. The Bertz CT molecular complexity index is 308. The molecule has 0 rings (SSSR count). The lowest BCUT2D eigenvalue weighted by Crippen LogP contribution is -2.24. The van der Waals surface area contributed by atoms with Gasteiger partial charge in [-0.1, -0.05) is 11.6 Å². The van der Waals surface area contributed by atoms with Crippen LogP contribution in [0.2, 0.25) is 0 Å². The van der Waals surface area contributed by atoms with Crippen LogP contribution < -0.4 is 0 Å². The normalized spacial score (nSPS) is 13.8. The Morgan fingerprint density at radius 3 is 1.16 bits per heavy atom. The standard InChI is InChI=1S/C10H23ClO6P2/c1-6-14-18(12,15-7-2)10(5,11)19(13,16-8-3)17-9-4/h6-9H2,1-5H3. The highest BCUT2D eigenvalue weighted by Crippen LogP contribution is 2.79. The summed E-state index contributed by atoms with van der Waals surface area (Å²) in [5, 5.41) is 0. The molecule has 0 spiro atoms. The van der Waals surface area contributed by atoms with Crippen molar-refractivity contribution < 1.29 is 27.2 Å². The second-order valence-corrected chi connectivity index (χ2v) is 10.0. The van der Waals surface area contributed by atoms with E-state index in [9.17, 15) is 9.13 Å². The quantitative estimate of drug-likeness (QED) is 0.434. The fourth-order valence-electron chi connectivity index (χ4n) is 1.38. The number of hydrogen-bond donors (Lipinski definition) is 0. The molecule has 0 unspecified atom stereocenters. The molecule has 0 saturated carbocycles. The van der Waals surface area contributed by atoms with Crippen LogP contribution in [0.1, 0.15) is 34.6 Å². The van der Waals surface area contributed by atoms with Crippen LogP contribution in [-0.2, 0) is 27.2 Å². The van der Waals surface area contributed by atoms with Crippen molar-refractivity contribution in [3.63, 3.8) is 0 Å². The fourth-order valence-corrected chi connectivity index (χ4v) is 6.31.